The number of aryl methyl sites for hydroxylation is 1. The zero-order valence-electron chi connectivity index (χ0n) is 15.2. The first kappa shape index (κ1) is 15.8. The van der Waals surface area contributed by atoms with Gasteiger partial charge in [0.1, 0.15) is 6.04 Å². The van der Waals surface area contributed by atoms with Gasteiger partial charge < -0.3 is 9.80 Å². The molecular weight excluding hydrogens is 330 g/mol. The van der Waals surface area contributed by atoms with Crippen LogP contribution in [0.4, 0.5) is 0 Å². The van der Waals surface area contributed by atoms with E-state index in [1.54, 1.807) is 4.90 Å². The fraction of sp³-hybridized carbons (Fsp3) is 0.579. The highest BCUT2D eigenvalue weighted by Gasteiger charge is 2.46. The van der Waals surface area contributed by atoms with Crippen LogP contribution in [0, 0.1) is 6.92 Å². The third-order valence-electron chi connectivity index (χ3n) is 6.22. The number of fused-ring (bicyclic) bond motifs is 6. The number of hydrogen-bond acceptors (Lipinski definition) is 4. The van der Waals surface area contributed by atoms with Gasteiger partial charge in [0, 0.05) is 43.3 Å². The molecule has 136 valence electrons. The van der Waals surface area contributed by atoms with Crippen molar-refractivity contribution < 1.29 is 9.59 Å². The summed E-state index contributed by atoms with van der Waals surface area (Å²) in [5.74, 6) is 0.182. The Morgan fingerprint density at radius 1 is 1.35 bits per heavy atom. The largest absolute Gasteiger partial charge is 0.331 e. The third-order valence-corrected chi connectivity index (χ3v) is 6.22. The average Bonchev–Trinajstić information content (AvgIpc) is 3.30. The van der Waals surface area contributed by atoms with Crippen molar-refractivity contribution in [3.05, 3.63) is 29.2 Å². The molecule has 7 heteroatoms. The third kappa shape index (κ3) is 2.12. The zero-order valence-corrected chi connectivity index (χ0v) is 15.2. The van der Waals surface area contributed by atoms with Gasteiger partial charge >= 0.3 is 0 Å². The van der Waals surface area contributed by atoms with E-state index in [0.29, 0.717) is 13.0 Å². The van der Waals surface area contributed by atoms with Crippen LogP contribution in [0.1, 0.15) is 55.6 Å². The van der Waals surface area contributed by atoms with Crippen molar-refractivity contribution in [2.75, 3.05) is 6.54 Å². The molecule has 0 spiro atoms. The number of aromatic nitrogens is 3. The van der Waals surface area contributed by atoms with E-state index >= 15 is 0 Å². The second-order valence-electron chi connectivity index (χ2n) is 7.78. The van der Waals surface area contributed by atoms with Crippen molar-refractivity contribution in [2.45, 2.75) is 64.1 Å². The lowest BCUT2D eigenvalue weighted by molar-refractivity contribution is -0.145. The number of carbonyl (C=O) groups is 2. The van der Waals surface area contributed by atoms with E-state index in [-0.39, 0.29) is 29.9 Å². The molecule has 2 saturated heterocycles. The Morgan fingerprint density at radius 3 is 2.96 bits per heavy atom. The van der Waals surface area contributed by atoms with Gasteiger partial charge in [0.25, 0.3) is 0 Å². The molecule has 26 heavy (non-hydrogen) atoms. The fourth-order valence-corrected chi connectivity index (χ4v) is 4.96. The van der Waals surface area contributed by atoms with Gasteiger partial charge in [-0.1, -0.05) is 0 Å². The van der Waals surface area contributed by atoms with Crippen LogP contribution in [0.3, 0.4) is 0 Å². The summed E-state index contributed by atoms with van der Waals surface area (Å²) in [5.41, 5.74) is 4.13. The van der Waals surface area contributed by atoms with Gasteiger partial charge in [-0.2, -0.15) is 5.10 Å². The normalized spacial score (nSPS) is 25.8. The molecule has 0 radical (unpaired) electrons. The van der Waals surface area contributed by atoms with Crippen molar-refractivity contribution in [3.8, 4) is 0 Å². The lowest BCUT2D eigenvalue weighted by Gasteiger charge is -2.39. The van der Waals surface area contributed by atoms with Gasteiger partial charge in [-0.3, -0.25) is 9.59 Å². The minimum Gasteiger partial charge on any atom is -0.331 e. The van der Waals surface area contributed by atoms with Gasteiger partial charge in [0.2, 0.25) is 11.8 Å². The molecule has 3 aliphatic rings. The first-order valence-corrected chi connectivity index (χ1v) is 9.50. The molecular formula is C19H23N5O2. The Labute approximate surface area is 152 Å². The second kappa shape index (κ2) is 5.53. The highest BCUT2D eigenvalue weighted by Crippen LogP contribution is 2.44. The number of likely N-dealkylation sites (tertiary alicyclic amines) is 1. The van der Waals surface area contributed by atoms with E-state index in [1.807, 2.05) is 35.5 Å². The van der Waals surface area contributed by atoms with Crippen LogP contribution < -0.4 is 0 Å². The second-order valence-corrected chi connectivity index (χ2v) is 7.78. The Balaban J connectivity index is 1.50. The van der Waals surface area contributed by atoms with Crippen molar-refractivity contribution in [1.29, 1.82) is 0 Å². The van der Waals surface area contributed by atoms with E-state index < -0.39 is 0 Å². The van der Waals surface area contributed by atoms with Gasteiger partial charge in [-0.15, -0.1) is 0 Å². The fourth-order valence-electron chi connectivity index (χ4n) is 4.96. The molecule has 0 unspecified atom stereocenters. The van der Waals surface area contributed by atoms with Crippen molar-refractivity contribution in [2.24, 2.45) is 0 Å². The number of rotatable bonds is 2. The molecule has 2 aromatic heterocycles. The van der Waals surface area contributed by atoms with Crippen LogP contribution in [0.2, 0.25) is 0 Å². The summed E-state index contributed by atoms with van der Waals surface area (Å²) in [7, 11) is 0. The Kier molecular flexibility index (Phi) is 3.36. The lowest BCUT2D eigenvalue weighted by Crippen LogP contribution is -2.51. The monoisotopic (exact) mass is 353 g/mol. The first-order valence-electron chi connectivity index (χ1n) is 9.50. The van der Waals surface area contributed by atoms with Crippen LogP contribution >= 0.6 is 0 Å². The topological polar surface area (TPSA) is 70.8 Å². The highest BCUT2D eigenvalue weighted by atomic mass is 16.2. The maximum Gasteiger partial charge on any atom is 0.245 e. The summed E-state index contributed by atoms with van der Waals surface area (Å²) >= 11 is 0. The predicted octanol–water partition coefficient (Wildman–Crippen LogP) is 1.64. The van der Waals surface area contributed by atoms with E-state index in [1.165, 1.54) is 5.69 Å². The number of nitrogens with zero attached hydrogens (tertiary/aromatic N) is 5. The number of amides is 2. The number of carbonyl (C=O) groups excluding carboxylic acids is 2. The molecule has 2 aromatic rings. The van der Waals surface area contributed by atoms with Crippen LogP contribution in [0.25, 0.3) is 5.65 Å². The summed E-state index contributed by atoms with van der Waals surface area (Å²) < 4.78 is 1.95. The first-order chi connectivity index (χ1) is 12.5. The van der Waals surface area contributed by atoms with Crippen molar-refractivity contribution in [1.82, 2.24) is 24.4 Å². The summed E-state index contributed by atoms with van der Waals surface area (Å²) in [5, 5.41) is 4.60. The molecule has 7 nitrogen and oxygen atoms in total. The maximum absolute atomic E-state index is 13.3. The molecule has 5 rings (SSSR count). The zero-order chi connectivity index (χ0) is 18.0. The Hall–Kier alpha value is -2.44. The summed E-state index contributed by atoms with van der Waals surface area (Å²) in [6.45, 7) is 4.54. The van der Waals surface area contributed by atoms with E-state index in [9.17, 15) is 9.59 Å². The summed E-state index contributed by atoms with van der Waals surface area (Å²) in [6, 6.07) is 1.85. The Morgan fingerprint density at radius 2 is 2.19 bits per heavy atom. The molecule has 0 aliphatic carbocycles. The Bertz CT molecular complexity index is 920. The molecule has 3 atom stereocenters. The summed E-state index contributed by atoms with van der Waals surface area (Å²) in [4.78, 5) is 33.7. The molecule has 3 aliphatic heterocycles. The van der Waals surface area contributed by atoms with Gasteiger partial charge in [0.05, 0.1) is 17.4 Å². The molecule has 2 bridgehead atoms. The molecule has 0 N–H and O–H groups in total. The van der Waals surface area contributed by atoms with Crippen LogP contribution in [-0.4, -0.2) is 54.8 Å². The molecule has 0 aromatic carbocycles. The van der Waals surface area contributed by atoms with Crippen LogP contribution in [0.15, 0.2) is 12.3 Å². The highest BCUT2D eigenvalue weighted by molar-refractivity contribution is 5.89. The van der Waals surface area contributed by atoms with Gasteiger partial charge in [0.15, 0.2) is 5.65 Å². The molecule has 0 saturated carbocycles. The lowest BCUT2D eigenvalue weighted by atomic mass is 9.98. The predicted molar refractivity (Wildman–Crippen MR) is 94.4 cm³/mol. The summed E-state index contributed by atoms with van der Waals surface area (Å²) in [6.07, 6.45) is 6.09. The van der Waals surface area contributed by atoms with Crippen molar-refractivity contribution in [3.63, 3.8) is 0 Å². The smallest absolute Gasteiger partial charge is 0.245 e. The molecule has 5 heterocycles. The quantitative estimate of drug-likeness (QED) is 0.823. The van der Waals surface area contributed by atoms with E-state index in [0.717, 1.165) is 42.6 Å². The minimum absolute atomic E-state index is 0.0535. The standard InChI is InChI=1S/C19H23N5O2/c1-11-8-17-20-10-14-15-6-5-13(9-16(14)24(17)21-11)23(15)19(26)12(2)22-7-3-4-18(22)25/h8,10,12-13,15H,3-7,9H2,1-2H3/t12-,13-,15+/m1/s1. The maximum atomic E-state index is 13.3. The number of hydrogen-bond donors (Lipinski definition) is 0. The SMILES string of the molecule is Cc1cc2ncc3c(n2n1)C[C@H]1CC[C@@H]3N1C(=O)[C@@H](C)N1CCCC1=O. The van der Waals surface area contributed by atoms with Gasteiger partial charge in [-0.05, 0) is 33.1 Å². The van der Waals surface area contributed by atoms with Gasteiger partial charge in [-0.25, -0.2) is 9.50 Å². The van der Waals surface area contributed by atoms with E-state index in [2.05, 4.69) is 10.1 Å². The van der Waals surface area contributed by atoms with Crippen molar-refractivity contribution >= 4 is 17.5 Å². The molecule has 2 amide bonds. The van der Waals surface area contributed by atoms with Crippen LogP contribution in [0.5, 0.6) is 0 Å². The minimum atomic E-state index is -0.377. The molecule has 2 fully saturated rings. The van der Waals surface area contributed by atoms with E-state index in [4.69, 9.17) is 0 Å². The van der Waals surface area contributed by atoms with Crippen LogP contribution in [-0.2, 0) is 16.0 Å². The average molecular weight is 353 g/mol.